The van der Waals surface area contributed by atoms with E-state index in [4.69, 9.17) is 0 Å². The molecule has 0 saturated carbocycles. The standard InChI is InChI=1S/C12H12Br2/c1-9(3-4-10(2)13)11-5-7-12(14)8-6-11/h3-5,7H,1-2,6,8H2/b4-3-. The van der Waals surface area contributed by atoms with E-state index in [9.17, 15) is 0 Å². The van der Waals surface area contributed by atoms with Crippen molar-refractivity contribution in [3.8, 4) is 0 Å². The zero-order chi connectivity index (χ0) is 10.6. The van der Waals surface area contributed by atoms with E-state index in [2.05, 4.69) is 57.2 Å². The number of rotatable bonds is 3. The number of halogens is 2. The van der Waals surface area contributed by atoms with E-state index < -0.39 is 0 Å². The second-order valence-corrected chi connectivity index (χ2v) is 5.15. The summed E-state index contributed by atoms with van der Waals surface area (Å²) in [4.78, 5) is 0. The molecule has 2 heteroatoms. The third-order valence-electron chi connectivity index (χ3n) is 1.98. The van der Waals surface area contributed by atoms with Crippen LogP contribution in [0, 0.1) is 0 Å². The first kappa shape index (κ1) is 11.7. The lowest BCUT2D eigenvalue weighted by Gasteiger charge is -2.10. The maximum absolute atomic E-state index is 4.01. The molecule has 0 heterocycles. The summed E-state index contributed by atoms with van der Waals surface area (Å²) in [5, 5.41) is 0. The fourth-order valence-electron chi connectivity index (χ4n) is 1.18. The highest BCUT2D eigenvalue weighted by molar-refractivity contribution is 9.12. The van der Waals surface area contributed by atoms with Gasteiger partial charge in [0.05, 0.1) is 0 Å². The van der Waals surface area contributed by atoms with Gasteiger partial charge in [-0.1, -0.05) is 63.2 Å². The first-order chi connectivity index (χ1) is 6.59. The molecule has 1 aliphatic rings. The molecular weight excluding hydrogens is 304 g/mol. The molecule has 74 valence electrons. The van der Waals surface area contributed by atoms with Gasteiger partial charge in [-0.2, -0.15) is 0 Å². The Hall–Kier alpha value is -0.340. The summed E-state index contributed by atoms with van der Waals surface area (Å²) < 4.78 is 2.12. The Bertz CT molecular complexity index is 343. The second-order valence-electron chi connectivity index (χ2n) is 3.11. The lowest BCUT2D eigenvalue weighted by molar-refractivity contribution is 0.970. The maximum atomic E-state index is 4.01. The van der Waals surface area contributed by atoms with Crippen molar-refractivity contribution in [2.45, 2.75) is 12.8 Å². The molecule has 0 radical (unpaired) electrons. The molecule has 0 aliphatic heterocycles. The molecule has 14 heavy (non-hydrogen) atoms. The Labute approximate surface area is 102 Å². The van der Waals surface area contributed by atoms with E-state index in [1.54, 1.807) is 0 Å². The van der Waals surface area contributed by atoms with E-state index in [1.807, 2.05) is 12.2 Å². The van der Waals surface area contributed by atoms with E-state index in [-0.39, 0.29) is 0 Å². The van der Waals surface area contributed by atoms with Crippen LogP contribution in [0.15, 0.2) is 57.6 Å². The van der Waals surface area contributed by atoms with Crippen molar-refractivity contribution in [1.82, 2.24) is 0 Å². The SMILES string of the molecule is C=C(Br)/C=C\C(=C)C1=CC=C(Br)CC1. The minimum Gasteiger partial charge on any atom is -0.0915 e. The van der Waals surface area contributed by atoms with Crippen LogP contribution >= 0.6 is 31.9 Å². The highest BCUT2D eigenvalue weighted by atomic mass is 79.9. The highest BCUT2D eigenvalue weighted by Crippen LogP contribution is 2.26. The quantitative estimate of drug-likeness (QED) is 0.642. The average Bonchev–Trinajstić information content (AvgIpc) is 2.15. The van der Waals surface area contributed by atoms with Crippen molar-refractivity contribution in [2.75, 3.05) is 0 Å². The lowest BCUT2D eigenvalue weighted by Crippen LogP contribution is -1.91. The summed E-state index contributed by atoms with van der Waals surface area (Å²) in [6.45, 7) is 7.75. The van der Waals surface area contributed by atoms with Crippen LogP contribution in [0.1, 0.15) is 12.8 Å². The van der Waals surface area contributed by atoms with Gasteiger partial charge in [0.2, 0.25) is 0 Å². The molecule has 0 nitrogen and oxygen atoms in total. The molecule has 0 aromatic heterocycles. The lowest BCUT2D eigenvalue weighted by atomic mass is 9.98. The molecule has 0 aromatic carbocycles. The summed E-state index contributed by atoms with van der Waals surface area (Å²) in [5.41, 5.74) is 2.35. The van der Waals surface area contributed by atoms with Gasteiger partial charge < -0.3 is 0 Å². The van der Waals surface area contributed by atoms with Gasteiger partial charge in [-0.25, -0.2) is 0 Å². The predicted molar refractivity (Wildman–Crippen MR) is 70.7 cm³/mol. The van der Waals surface area contributed by atoms with Crippen LogP contribution in [0.2, 0.25) is 0 Å². The molecule has 0 unspecified atom stereocenters. The van der Waals surface area contributed by atoms with E-state index in [1.165, 1.54) is 10.1 Å². The summed E-state index contributed by atoms with van der Waals surface area (Å²) in [7, 11) is 0. The molecule has 1 aliphatic carbocycles. The summed E-state index contributed by atoms with van der Waals surface area (Å²) in [5.74, 6) is 0. The first-order valence-electron chi connectivity index (χ1n) is 4.36. The average molecular weight is 316 g/mol. The molecule has 0 fully saturated rings. The minimum absolute atomic E-state index is 0.867. The van der Waals surface area contributed by atoms with Gasteiger partial charge in [0, 0.05) is 4.48 Å². The Morgan fingerprint density at radius 1 is 1.21 bits per heavy atom. The molecule has 1 rings (SSSR count). The van der Waals surface area contributed by atoms with Crippen LogP contribution < -0.4 is 0 Å². The summed E-state index contributed by atoms with van der Waals surface area (Å²) in [6.07, 6.45) is 10.2. The number of hydrogen-bond donors (Lipinski definition) is 0. The van der Waals surface area contributed by atoms with E-state index >= 15 is 0 Å². The van der Waals surface area contributed by atoms with Crippen molar-refractivity contribution in [1.29, 1.82) is 0 Å². The molecule has 0 amide bonds. The van der Waals surface area contributed by atoms with Gasteiger partial charge in [-0.3, -0.25) is 0 Å². The molecule has 0 bridgehead atoms. The summed E-state index contributed by atoms with van der Waals surface area (Å²) >= 11 is 6.75. The van der Waals surface area contributed by atoms with Crippen molar-refractivity contribution in [2.24, 2.45) is 0 Å². The Balaban J connectivity index is 2.67. The third-order valence-corrected chi connectivity index (χ3v) is 2.90. The van der Waals surface area contributed by atoms with Crippen molar-refractivity contribution in [3.05, 3.63) is 57.6 Å². The number of allylic oxidation sites excluding steroid dienone is 8. The van der Waals surface area contributed by atoms with Gasteiger partial charge >= 0.3 is 0 Å². The number of hydrogen-bond acceptors (Lipinski definition) is 0. The monoisotopic (exact) mass is 314 g/mol. The highest BCUT2D eigenvalue weighted by Gasteiger charge is 2.05. The smallest absolute Gasteiger partial charge is 0.0103 e. The van der Waals surface area contributed by atoms with Crippen LogP contribution in [-0.2, 0) is 0 Å². The molecule has 0 aromatic rings. The van der Waals surface area contributed by atoms with Crippen molar-refractivity contribution in [3.63, 3.8) is 0 Å². The van der Waals surface area contributed by atoms with Crippen molar-refractivity contribution >= 4 is 31.9 Å². The molecular formula is C12H12Br2. The Morgan fingerprint density at radius 3 is 2.43 bits per heavy atom. The van der Waals surface area contributed by atoms with Gasteiger partial charge in [0.25, 0.3) is 0 Å². The van der Waals surface area contributed by atoms with Gasteiger partial charge in [-0.15, -0.1) is 0 Å². The van der Waals surface area contributed by atoms with Crippen LogP contribution in [-0.4, -0.2) is 0 Å². The van der Waals surface area contributed by atoms with Crippen LogP contribution in [0.4, 0.5) is 0 Å². The predicted octanol–water partition coefficient (Wildman–Crippen LogP) is 5.01. The van der Waals surface area contributed by atoms with E-state index in [0.717, 1.165) is 22.9 Å². The molecule has 0 atom stereocenters. The Kier molecular flexibility index (Phi) is 4.63. The molecule has 0 saturated heterocycles. The van der Waals surface area contributed by atoms with Gasteiger partial charge in [0.1, 0.15) is 0 Å². The van der Waals surface area contributed by atoms with Gasteiger partial charge in [-0.05, 0) is 34.5 Å². The summed E-state index contributed by atoms with van der Waals surface area (Å²) in [6, 6.07) is 0. The van der Waals surface area contributed by atoms with E-state index in [0.29, 0.717) is 0 Å². The first-order valence-corrected chi connectivity index (χ1v) is 5.95. The zero-order valence-corrected chi connectivity index (χ0v) is 11.1. The Morgan fingerprint density at radius 2 is 1.93 bits per heavy atom. The third kappa shape index (κ3) is 3.81. The minimum atomic E-state index is 0.867. The normalized spacial score (nSPS) is 16.4. The molecule has 0 N–H and O–H groups in total. The fraction of sp³-hybridized carbons (Fsp3) is 0.167. The maximum Gasteiger partial charge on any atom is 0.0103 e. The van der Waals surface area contributed by atoms with Crippen LogP contribution in [0.5, 0.6) is 0 Å². The van der Waals surface area contributed by atoms with Crippen molar-refractivity contribution < 1.29 is 0 Å². The fourth-order valence-corrected chi connectivity index (χ4v) is 1.64. The second kappa shape index (κ2) is 5.52. The molecule has 0 spiro atoms. The van der Waals surface area contributed by atoms with Crippen LogP contribution in [0.3, 0.4) is 0 Å². The topological polar surface area (TPSA) is 0 Å². The zero-order valence-electron chi connectivity index (χ0n) is 7.89. The largest absolute Gasteiger partial charge is 0.0915 e. The van der Waals surface area contributed by atoms with Crippen LogP contribution in [0.25, 0.3) is 0 Å². The van der Waals surface area contributed by atoms with Gasteiger partial charge in [0.15, 0.2) is 0 Å².